The summed E-state index contributed by atoms with van der Waals surface area (Å²) in [5, 5.41) is 54.9. The van der Waals surface area contributed by atoms with Gasteiger partial charge < -0.3 is 55.1 Å². The van der Waals surface area contributed by atoms with Crippen molar-refractivity contribution in [2.75, 3.05) is 43.4 Å². The van der Waals surface area contributed by atoms with Crippen molar-refractivity contribution < 1.29 is 53.8 Å². The number of phenolic OH excluding ortho intramolecular Hbond substituents is 2. The Morgan fingerprint density at radius 2 is 1.60 bits per heavy atom. The van der Waals surface area contributed by atoms with Gasteiger partial charge in [0, 0.05) is 98.5 Å². The number of fused-ring (bicyclic) bond motifs is 13. The number of ketones is 1. The van der Waals surface area contributed by atoms with Crippen LogP contribution in [0.5, 0.6) is 17.2 Å². The van der Waals surface area contributed by atoms with Crippen molar-refractivity contribution in [3.63, 3.8) is 0 Å². The normalized spacial score (nSPS) is 29.6. The molecule has 3 aromatic rings. The number of hydrogen-bond acceptors (Lipinski definition) is 15. The minimum atomic E-state index is -1.95. The van der Waals surface area contributed by atoms with Crippen LogP contribution >= 0.6 is 0 Å². The van der Waals surface area contributed by atoms with E-state index in [0.717, 1.165) is 12.2 Å². The van der Waals surface area contributed by atoms with Gasteiger partial charge in [0.2, 0.25) is 5.91 Å². The summed E-state index contributed by atoms with van der Waals surface area (Å²) in [6.45, 7) is 20.8. The van der Waals surface area contributed by atoms with Gasteiger partial charge in [-0.3, -0.25) is 24.2 Å². The predicted molar refractivity (Wildman–Crippen MR) is 285 cm³/mol. The van der Waals surface area contributed by atoms with Crippen molar-refractivity contribution in [2.45, 2.75) is 137 Å². The Labute approximate surface area is 439 Å². The number of carbonyl (C=O) groups excluding carboxylic acids is 4. The van der Waals surface area contributed by atoms with Gasteiger partial charge in [0.05, 0.1) is 35.1 Å². The number of nitrogens with zero attached hydrogens (tertiary/aromatic N) is 4. The molecule has 9 atom stereocenters. The fourth-order valence-corrected chi connectivity index (χ4v) is 11.4. The Balaban J connectivity index is 1.12. The summed E-state index contributed by atoms with van der Waals surface area (Å²) in [6.07, 6.45) is 7.40. The molecule has 2 fully saturated rings. The van der Waals surface area contributed by atoms with Crippen LogP contribution < -0.4 is 26.1 Å². The van der Waals surface area contributed by atoms with Crippen molar-refractivity contribution in [3.05, 3.63) is 88.3 Å². The average molecular weight is 1030 g/mol. The van der Waals surface area contributed by atoms with Crippen LogP contribution in [0.2, 0.25) is 0 Å². The topological polar surface area (TPSA) is 232 Å². The van der Waals surface area contributed by atoms with E-state index in [4.69, 9.17) is 19.2 Å². The first-order valence-electron chi connectivity index (χ1n) is 26.7. The van der Waals surface area contributed by atoms with Crippen LogP contribution in [0.1, 0.15) is 110 Å². The Bertz CT molecular complexity index is 2900. The number of amides is 2. The third-order valence-electron chi connectivity index (χ3n) is 16.1. The fourth-order valence-electron chi connectivity index (χ4n) is 11.4. The number of hydrogen-bond donors (Lipinski definition) is 6. The maximum Gasteiger partial charge on any atom is 0.318 e. The van der Waals surface area contributed by atoms with E-state index in [1.165, 1.54) is 20.1 Å². The number of nitrogens with one attached hydrogen (secondary N) is 2. The molecular weight excluding hydrogens is 957 g/mol. The number of aromatic hydroxyl groups is 2. The van der Waals surface area contributed by atoms with Crippen LogP contribution in [-0.2, 0) is 23.9 Å². The van der Waals surface area contributed by atoms with Crippen LogP contribution in [0.15, 0.2) is 76.5 Å². The Morgan fingerprint density at radius 3 is 2.27 bits per heavy atom. The lowest BCUT2D eigenvalue weighted by Gasteiger charge is -2.38. The summed E-state index contributed by atoms with van der Waals surface area (Å²) >= 11 is 0. The largest absolute Gasteiger partial charge is 0.507 e. The third kappa shape index (κ3) is 11.0. The fraction of sp³-hybridized carbons (Fsp3) is 0.552. The van der Waals surface area contributed by atoms with E-state index >= 15 is 0 Å². The molecule has 1 unspecified atom stereocenters. The van der Waals surface area contributed by atoms with Gasteiger partial charge in [-0.05, 0) is 70.1 Å². The number of Topliss-reactive ketones (excluding diaryl/α,β-unsaturated/α-hetero) is 1. The summed E-state index contributed by atoms with van der Waals surface area (Å²) in [4.78, 5) is 70.5. The highest BCUT2D eigenvalue weighted by Crippen LogP contribution is 2.51. The molecule has 2 amide bonds. The van der Waals surface area contributed by atoms with E-state index in [1.54, 1.807) is 63.8 Å². The highest BCUT2D eigenvalue weighted by Gasteiger charge is 2.51. The lowest BCUT2D eigenvalue weighted by Crippen LogP contribution is -2.48. The van der Waals surface area contributed by atoms with Gasteiger partial charge in [-0.2, -0.15) is 0 Å². The van der Waals surface area contributed by atoms with Crippen LogP contribution in [0, 0.1) is 42.4 Å². The molecule has 2 saturated heterocycles. The number of esters is 1. The van der Waals surface area contributed by atoms with Crippen molar-refractivity contribution in [1.29, 1.82) is 0 Å². The Morgan fingerprint density at radius 1 is 0.920 bits per heavy atom. The molecule has 404 valence electrons. The van der Waals surface area contributed by atoms with Crippen LogP contribution in [-0.4, -0.2) is 122 Å². The minimum absolute atomic E-state index is 0.0544. The second-order valence-electron chi connectivity index (χ2n) is 22.3. The molecular formula is C58H76N6O11. The van der Waals surface area contributed by atoms with E-state index in [1.807, 2.05) is 37.3 Å². The van der Waals surface area contributed by atoms with E-state index in [-0.39, 0.29) is 68.1 Å². The van der Waals surface area contributed by atoms with Gasteiger partial charge in [-0.15, -0.1) is 0 Å². The molecule has 5 bridgehead atoms. The van der Waals surface area contributed by atoms with Gasteiger partial charge in [0.15, 0.2) is 5.75 Å². The van der Waals surface area contributed by atoms with Gasteiger partial charge >= 0.3 is 11.8 Å². The lowest BCUT2D eigenvalue weighted by atomic mass is 9.79. The second-order valence-corrected chi connectivity index (χ2v) is 22.3. The number of benzene rings is 3. The number of allylic oxidation sites excluding steroid dienone is 3. The van der Waals surface area contributed by atoms with E-state index in [0.29, 0.717) is 63.5 Å². The molecule has 75 heavy (non-hydrogen) atoms. The number of phenols is 2. The van der Waals surface area contributed by atoms with Gasteiger partial charge in [-0.25, -0.2) is 4.99 Å². The van der Waals surface area contributed by atoms with E-state index in [9.17, 15) is 39.6 Å². The van der Waals surface area contributed by atoms with Crippen molar-refractivity contribution in [1.82, 2.24) is 9.80 Å². The number of aliphatic hydroxyl groups is 2. The van der Waals surface area contributed by atoms with Crippen LogP contribution in [0.25, 0.3) is 10.8 Å². The molecule has 0 saturated carbocycles. The zero-order valence-electron chi connectivity index (χ0n) is 45.1. The first-order valence-corrected chi connectivity index (χ1v) is 26.7. The number of carbonyl (C=O) groups is 4. The average Bonchev–Trinajstić information content (AvgIpc) is 3.96. The number of piperidine rings is 2. The number of likely N-dealkylation sites (tertiary alicyclic amines) is 2. The smallest absolute Gasteiger partial charge is 0.318 e. The molecule has 6 aliphatic heterocycles. The molecule has 0 radical (unpaired) electrons. The molecule has 17 heteroatoms. The second kappa shape index (κ2) is 22.1. The standard InChI is InChI=1S/C58H76N6O11/c1-31(2)30-63-27-23-58(24-28-63)61-44-41-42-49(67)37(8)52-43(41)53(69)57(10,75-52)73-29-15-18-33(4)51(74-56(72)38(9)55(71)64-25-21-40(22-26-64)59-39-19-12-11-13-20-39)36(7)48(66)35(6)47(65)32(3)16-14-17-34(5)54(70)60-46(50(42)68)45(44)62-58/h11-17,19-20,29,31-33,35-36,38,40,47-48,51,59,61,65-68H,18,21-28,30H2,1-10H3/b16-14+,29-15+,34-17-,60-46?/t32-,33+,35+,36+,38?,47-,48+,51+,57-/m0/s1. The summed E-state index contributed by atoms with van der Waals surface area (Å²) in [5.74, 6) is -8.35. The van der Waals surface area contributed by atoms with E-state index < -0.39 is 82.8 Å². The molecule has 17 nitrogen and oxygen atoms in total. The van der Waals surface area contributed by atoms with Crippen molar-refractivity contribution in [3.8, 4) is 17.2 Å². The van der Waals surface area contributed by atoms with Gasteiger partial charge in [-0.1, -0.05) is 78.0 Å². The number of anilines is 2. The van der Waals surface area contributed by atoms with Crippen LogP contribution in [0.4, 0.5) is 11.4 Å². The SMILES string of the molecule is C/C1=C/C=C/[C@H](C)[C@H](O)[C@@H](C)[C@@H](O)[C@@H](C)[C@H](OC(=O)C(C)C(=O)N2CCC(Nc3ccccc3)CC2)[C@H](C)C/C=C/O[C@@]2(C)Oc3c(C)c(O)c4c(O)c(c5c(c4c3C2=O)NC2(CCN(CC(C)C)CC2)N=5)=NC1=O. The summed E-state index contributed by atoms with van der Waals surface area (Å²) < 4.78 is 18.8. The molecule has 6 aliphatic rings. The zero-order chi connectivity index (χ0) is 54.3. The highest BCUT2D eigenvalue weighted by atomic mass is 16.7. The molecule has 0 aliphatic carbocycles. The molecule has 1 spiro atoms. The van der Waals surface area contributed by atoms with Crippen LogP contribution in [0.3, 0.4) is 0 Å². The molecule has 6 N–H and O–H groups in total. The predicted octanol–water partition coefficient (Wildman–Crippen LogP) is 6.84. The van der Waals surface area contributed by atoms with Crippen molar-refractivity contribution in [2.24, 2.45) is 45.5 Å². The number of ether oxygens (including phenoxy) is 3. The monoisotopic (exact) mass is 1030 g/mol. The van der Waals surface area contributed by atoms with Crippen molar-refractivity contribution >= 4 is 45.7 Å². The molecule has 0 aromatic heterocycles. The lowest BCUT2D eigenvalue weighted by molar-refractivity contribution is -0.168. The maximum absolute atomic E-state index is 14.9. The summed E-state index contributed by atoms with van der Waals surface area (Å²) in [6, 6.07) is 10.1. The van der Waals surface area contributed by atoms with Gasteiger partial charge in [0.1, 0.15) is 39.9 Å². The zero-order valence-corrected chi connectivity index (χ0v) is 45.1. The number of aliphatic hydroxyl groups excluding tert-OH is 2. The Hall–Kier alpha value is -6.30. The summed E-state index contributed by atoms with van der Waals surface area (Å²) in [7, 11) is 0. The highest BCUT2D eigenvalue weighted by molar-refractivity contribution is 6.21. The number of para-hydroxylation sites is 1. The van der Waals surface area contributed by atoms with Gasteiger partial charge in [0.25, 0.3) is 11.7 Å². The maximum atomic E-state index is 14.9. The first-order chi connectivity index (χ1) is 35.5. The third-order valence-corrected chi connectivity index (χ3v) is 16.1. The number of rotatable bonds is 7. The van der Waals surface area contributed by atoms with E-state index in [2.05, 4.69) is 34.4 Å². The molecule has 3 aromatic carbocycles. The quantitative estimate of drug-likeness (QED) is 0.0809. The summed E-state index contributed by atoms with van der Waals surface area (Å²) in [5.41, 5.74) is 0.860. The molecule has 6 heterocycles. The Kier molecular flexibility index (Phi) is 16.2. The molecule has 9 rings (SSSR count). The first kappa shape index (κ1) is 54.9. The minimum Gasteiger partial charge on any atom is -0.507 e.